The molecule has 1 aromatic rings. The van der Waals surface area contributed by atoms with Crippen LogP contribution in [0.1, 0.15) is 80.2 Å². The van der Waals surface area contributed by atoms with Crippen LogP contribution in [0.5, 0.6) is 5.75 Å². The third-order valence-electron chi connectivity index (χ3n) is 7.54. The fraction of sp³-hybridized carbons (Fsp3) is 0.714. The van der Waals surface area contributed by atoms with Crippen LogP contribution in [-0.4, -0.2) is 28.1 Å². The van der Waals surface area contributed by atoms with Gasteiger partial charge in [-0.15, -0.1) is 0 Å². The Bertz CT molecular complexity index is 702. The molecular weight excluding hydrogens is 412 g/mol. The lowest BCUT2D eigenvalue weighted by Crippen LogP contribution is -2.44. The van der Waals surface area contributed by atoms with Crippen LogP contribution < -0.4 is 4.74 Å². The number of hydrogen-bond acceptors (Lipinski definition) is 3. The van der Waals surface area contributed by atoms with Gasteiger partial charge in [-0.05, 0) is 66.8 Å². The molecule has 1 aliphatic rings. The van der Waals surface area contributed by atoms with Gasteiger partial charge >= 0.3 is 0 Å². The molecule has 0 bridgehead atoms. The van der Waals surface area contributed by atoms with Crippen LogP contribution in [0.15, 0.2) is 35.5 Å². The second kappa shape index (κ2) is 12.4. The molecule has 0 amide bonds. The zero-order chi connectivity index (χ0) is 23.9. The Labute approximate surface area is 199 Å². The van der Waals surface area contributed by atoms with E-state index in [-0.39, 0.29) is 0 Å². The maximum absolute atomic E-state index is 7.10. The Morgan fingerprint density at radius 2 is 1.66 bits per heavy atom. The first-order valence-corrected chi connectivity index (χ1v) is 14.8. The number of methoxy groups -OCH3 is 1. The van der Waals surface area contributed by atoms with E-state index in [1.54, 1.807) is 12.3 Å². The van der Waals surface area contributed by atoms with Gasteiger partial charge in [-0.1, -0.05) is 71.9 Å². The van der Waals surface area contributed by atoms with Crippen molar-refractivity contribution in [2.75, 3.05) is 13.7 Å². The Balaban J connectivity index is 1.80. The molecule has 1 aliphatic heterocycles. The Hall–Kier alpha value is -1.10. The smallest absolute Gasteiger partial charge is 0.225 e. The minimum atomic E-state index is -1.90. The van der Waals surface area contributed by atoms with Crippen molar-refractivity contribution in [2.24, 2.45) is 17.8 Å². The quantitative estimate of drug-likeness (QED) is 0.234. The molecule has 0 aromatic heterocycles. The molecule has 0 saturated carbocycles. The number of rotatable bonds is 12. The lowest BCUT2D eigenvalue weighted by molar-refractivity contribution is 0.0976. The Kier molecular flexibility index (Phi) is 10.5. The molecule has 32 heavy (non-hydrogen) atoms. The highest BCUT2D eigenvalue weighted by Crippen LogP contribution is 2.51. The minimum Gasteiger partial charge on any atom is -0.497 e. The standard InChI is InChI=1S/C28H48O3Si/c1-10-27-24(8)28(31-32(27,20(2)3)21(4)5)23(7)18-22(6)12-11-17-30-19-25-13-15-26(29-9)16-14-25/h10,13-16,20-24,28H,11-12,17-19H2,1-9H3/b27-10-/t22-,23-,24-,28+/m0/s1. The number of ether oxygens (including phenoxy) is 2. The van der Waals surface area contributed by atoms with Gasteiger partial charge in [0.15, 0.2) is 0 Å². The first kappa shape index (κ1) is 27.1. The van der Waals surface area contributed by atoms with E-state index in [9.17, 15) is 0 Å². The minimum absolute atomic E-state index is 0.367. The van der Waals surface area contributed by atoms with Crippen molar-refractivity contribution in [1.82, 2.24) is 0 Å². The molecule has 1 fully saturated rings. The van der Waals surface area contributed by atoms with Crippen molar-refractivity contribution in [3.8, 4) is 5.75 Å². The molecule has 1 saturated heterocycles. The van der Waals surface area contributed by atoms with E-state index >= 15 is 0 Å². The number of benzene rings is 1. The van der Waals surface area contributed by atoms with Crippen LogP contribution in [0.2, 0.25) is 11.1 Å². The molecule has 0 spiro atoms. The summed E-state index contributed by atoms with van der Waals surface area (Å²) >= 11 is 0. The van der Waals surface area contributed by atoms with Crippen LogP contribution in [0.3, 0.4) is 0 Å². The number of allylic oxidation sites excluding steroid dienone is 1. The van der Waals surface area contributed by atoms with E-state index in [2.05, 4.69) is 73.6 Å². The normalized spacial score (nSPS) is 23.8. The van der Waals surface area contributed by atoms with E-state index < -0.39 is 8.32 Å². The molecule has 4 heteroatoms. The number of hydrogen-bond donors (Lipinski definition) is 0. The van der Waals surface area contributed by atoms with Crippen LogP contribution in [0.4, 0.5) is 0 Å². The van der Waals surface area contributed by atoms with Gasteiger partial charge in [-0.25, -0.2) is 0 Å². The maximum Gasteiger partial charge on any atom is 0.225 e. The monoisotopic (exact) mass is 460 g/mol. The predicted octanol–water partition coefficient (Wildman–Crippen LogP) is 7.94. The molecule has 2 rings (SSSR count). The molecule has 182 valence electrons. The van der Waals surface area contributed by atoms with Gasteiger partial charge in [0.25, 0.3) is 0 Å². The van der Waals surface area contributed by atoms with Crippen LogP contribution in [0, 0.1) is 17.8 Å². The van der Waals surface area contributed by atoms with Crippen molar-refractivity contribution < 1.29 is 13.9 Å². The third-order valence-corrected chi connectivity index (χ3v) is 13.3. The maximum atomic E-state index is 7.10. The van der Waals surface area contributed by atoms with E-state index in [1.165, 1.54) is 18.4 Å². The molecule has 0 N–H and O–H groups in total. The Morgan fingerprint density at radius 3 is 2.16 bits per heavy atom. The molecule has 0 aliphatic carbocycles. The molecule has 4 atom stereocenters. The van der Waals surface area contributed by atoms with Crippen molar-refractivity contribution in [2.45, 2.75) is 98.4 Å². The fourth-order valence-corrected chi connectivity index (χ4v) is 11.5. The third kappa shape index (κ3) is 6.27. The highest BCUT2D eigenvalue weighted by molar-refractivity contribution is 6.84. The molecule has 0 unspecified atom stereocenters. The summed E-state index contributed by atoms with van der Waals surface area (Å²) < 4.78 is 18.2. The average molecular weight is 461 g/mol. The SMILES string of the molecule is C/C=C1/[C@H](C)[C@@H]([C@@H](C)C[C@@H](C)CCCOCc2ccc(OC)cc2)O[Si]1(C(C)C)C(C)C. The van der Waals surface area contributed by atoms with Crippen molar-refractivity contribution in [3.63, 3.8) is 0 Å². The van der Waals surface area contributed by atoms with Gasteiger partial charge in [-0.2, -0.15) is 0 Å². The molecule has 1 heterocycles. The lowest BCUT2D eigenvalue weighted by Gasteiger charge is -2.36. The van der Waals surface area contributed by atoms with Gasteiger partial charge in [0.2, 0.25) is 8.32 Å². The van der Waals surface area contributed by atoms with Gasteiger partial charge in [0, 0.05) is 12.5 Å². The van der Waals surface area contributed by atoms with Crippen molar-refractivity contribution in [1.29, 1.82) is 0 Å². The summed E-state index contributed by atoms with van der Waals surface area (Å²) in [4.78, 5) is 0. The molecule has 1 aromatic carbocycles. The van der Waals surface area contributed by atoms with Crippen LogP contribution in [-0.2, 0) is 15.8 Å². The molecule has 3 nitrogen and oxygen atoms in total. The predicted molar refractivity (Wildman–Crippen MR) is 139 cm³/mol. The lowest BCUT2D eigenvalue weighted by atomic mass is 9.85. The van der Waals surface area contributed by atoms with E-state index in [0.29, 0.717) is 41.5 Å². The fourth-order valence-electron chi connectivity index (χ4n) is 5.96. The van der Waals surface area contributed by atoms with Gasteiger partial charge in [0.1, 0.15) is 5.75 Å². The van der Waals surface area contributed by atoms with Gasteiger partial charge < -0.3 is 13.9 Å². The zero-order valence-corrected chi connectivity index (χ0v) is 23.1. The topological polar surface area (TPSA) is 27.7 Å². The summed E-state index contributed by atoms with van der Waals surface area (Å²) in [6, 6.07) is 8.12. The van der Waals surface area contributed by atoms with Crippen LogP contribution in [0.25, 0.3) is 0 Å². The molecule has 0 radical (unpaired) electrons. The first-order chi connectivity index (χ1) is 15.2. The summed E-state index contributed by atoms with van der Waals surface area (Å²) in [5.74, 6) is 2.71. The highest BCUT2D eigenvalue weighted by atomic mass is 28.4. The summed E-state index contributed by atoms with van der Waals surface area (Å²) in [6.07, 6.45) is 6.31. The Morgan fingerprint density at radius 1 is 1.03 bits per heavy atom. The summed E-state index contributed by atoms with van der Waals surface area (Å²) in [5, 5.41) is 1.65. The zero-order valence-electron chi connectivity index (χ0n) is 22.1. The largest absolute Gasteiger partial charge is 0.497 e. The van der Waals surface area contributed by atoms with Crippen LogP contribution >= 0.6 is 0 Å². The average Bonchev–Trinajstić information content (AvgIpc) is 3.07. The second-order valence-corrected chi connectivity index (χ2v) is 15.3. The second-order valence-electron chi connectivity index (χ2n) is 10.6. The van der Waals surface area contributed by atoms with Crippen molar-refractivity contribution >= 4 is 8.32 Å². The van der Waals surface area contributed by atoms with E-state index in [4.69, 9.17) is 13.9 Å². The van der Waals surface area contributed by atoms with Gasteiger partial charge in [0.05, 0.1) is 19.8 Å². The molecular formula is C28H48O3Si. The summed E-state index contributed by atoms with van der Waals surface area (Å²) in [5.41, 5.74) is 2.44. The first-order valence-electron chi connectivity index (χ1n) is 12.7. The van der Waals surface area contributed by atoms with Gasteiger partial charge in [-0.3, -0.25) is 0 Å². The highest BCUT2D eigenvalue weighted by Gasteiger charge is 2.55. The summed E-state index contributed by atoms with van der Waals surface area (Å²) in [6.45, 7) is 20.5. The summed E-state index contributed by atoms with van der Waals surface area (Å²) in [7, 11) is -0.204. The van der Waals surface area contributed by atoms with E-state index in [1.807, 2.05) is 12.1 Å². The van der Waals surface area contributed by atoms with E-state index in [0.717, 1.165) is 18.8 Å². The van der Waals surface area contributed by atoms with Crippen molar-refractivity contribution in [3.05, 3.63) is 41.1 Å².